The Morgan fingerprint density at radius 1 is 1.50 bits per heavy atom. The summed E-state index contributed by atoms with van der Waals surface area (Å²) in [6.07, 6.45) is 0. The number of non-ortho nitro benzene ring substituents is 1. The Morgan fingerprint density at radius 2 is 2.21 bits per heavy atom. The number of alkyl halides is 1. The average molecular weight is 213 g/mol. The zero-order valence-corrected chi connectivity index (χ0v) is 7.62. The number of hydrogen-bond donors (Lipinski definition) is 1. The van der Waals surface area contributed by atoms with Crippen LogP contribution in [0.1, 0.15) is 10.9 Å². The van der Waals surface area contributed by atoms with Crippen molar-refractivity contribution in [2.45, 2.75) is 5.38 Å². The summed E-state index contributed by atoms with van der Waals surface area (Å²) in [4.78, 5) is 21.0. The fraction of sp³-hybridized carbons (Fsp3) is 0.125. The number of rotatable bonds is 1. The second-order valence-electron chi connectivity index (χ2n) is 2.88. The lowest BCUT2D eigenvalue weighted by Crippen LogP contribution is -2.06. The fourth-order valence-electron chi connectivity index (χ4n) is 1.32. The molecule has 14 heavy (non-hydrogen) atoms. The smallest absolute Gasteiger partial charge is 0.269 e. The number of amides is 1. The van der Waals surface area contributed by atoms with Gasteiger partial charge in [-0.15, -0.1) is 11.6 Å². The molecule has 5 nitrogen and oxygen atoms in total. The Kier molecular flexibility index (Phi) is 1.89. The van der Waals surface area contributed by atoms with Crippen LogP contribution in [0.25, 0.3) is 0 Å². The number of nitro groups is 1. The molecule has 72 valence electrons. The van der Waals surface area contributed by atoms with Crippen LogP contribution in [0.2, 0.25) is 0 Å². The van der Waals surface area contributed by atoms with Gasteiger partial charge in [0.25, 0.3) is 5.69 Å². The maximum Gasteiger partial charge on any atom is 0.269 e. The van der Waals surface area contributed by atoms with Gasteiger partial charge < -0.3 is 5.32 Å². The van der Waals surface area contributed by atoms with Gasteiger partial charge in [-0.25, -0.2) is 0 Å². The number of nitro benzene ring substituents is 1. The molecule has 1 aliphatic heterocycles. The van der Waals surface area contributed by atoms with Gasteiger partial charge in [-0.1, -0.05) is 0 Å². The number of halogens is 1. The minimum Gasteiger partial charge on any atom is -0.324 e. The predicted molar refractivity (Wildman–Crippen MR) is 50.3 cm³/mol. The second-order valence-corrected chi connectivity index (χ2v) is 3.32. The van der Waals surface area contributed by atoms with Crippen LogP contribution in [0, 0.1) is 10.1 Å². The highest BCUT2D eigenvalue weighted by Crippen LogP contribution is 2.37. The molecule has 6 heteroatoms. The predicted octanol–water partition coefficient (Wildman–Crippen LogP) is 1.83. The normalized spacial score (nSPS) is 18.9. The monoisotopic (exact) mass is 212 g/mol. The van der Waals surface area contributed by atoms with E-state index in [2.05, 4.69) is 5.32 Å². The lowest BCUT2D eigenvalue weighted by molar-refractivity contribution is -0.384. The van der Waals surface area contributed by atoms with Gasteiger partial charge >= 0.3 is 0 Å². The van der Waals surface area contributed by atoms with E-state index in [9.17, 15) is 14.9 Å². The van der Waals surface area contributed by atoms with Crippen LogP contribution in [0.5, 0.6) is 0 Å². The molecule has 1 unspecified atom stereocenters. The molecule has 0 saturated heterocycles. The quantitative estimate of drug-likeness (QED) is 0.439. The highest BCUT2D eigenvalue weighted by atomic mass is 35.5. The van der Waals surface area contributed by atoms with Crippen molar-refractivity contribution in [2.75, 3.05) is 5.32 Å². The molecule has 1 aromatic carbocycles. The molecule has 0 spiro atoms. The summed E-state index contributed by atoms with van der Waals surface area (Å²) in [5, 5.41) is 12.1. The SMILES string of the molecule is O=C1Nc2ccc([N+](=O)[O-])cc2C1Cl. The van der Waals surface area contributed by atoms with Crippen molar-refractivity contribution in [3.05, 3.63) is 33.9 Å². The molecule has 1 atom stereocenters. The Labute approximate surface area is 83.8 Å². The summed E-state index contributed by atoms with van der Waals surface area (Å²) in [5.74, 6) is -0.345. The third-order valence-corrected chi connectivity index (χ3v) is 2.44. The summed E-state index contributed by atoms with van der Waals surface area (Å²) < 4.78 is 0. The fourth-order valence-corrected chi connectivity index (χ4v) is 1.56. The van der Waals surface area contributed by atoms with Crippen LogP contribution in [0.4, 0.5) is 11.4 Å². The van der Waals surface area contributed by atoms with Crippen molar-refractivity contribution in [2.24, 2.45) is 0 Å². The zero-order valence-electron chi connectivity index (χ0n) is 6.86. The van der Waals surface area contributed by atoms with Gasteiger partial charge in [-0.3, -0.25) is 14.9 Å². The minimum atomic E-state index is -0.829. The van der Waals surface area contributed by atoms with Crippen LogP contribution in [-0.2, 0) is 4.79 Å². The highest BCUT2D eigenvalue weighted by molar-refractivity contribution is 6.35. The topological polar surface area (TPSA) is 72.2 Å². The highest BCUT2D eigenvalue weighted by Gasteiger charge is 2.29. The first-order valence-electron chi connectivity index (χ1n) is 3.83. The molecule has 0 saturated carbocycles. The van der Waals surface area contributed by atoms with Gasteiger partial charge in [0.15, 0.2) is 0 Å². The number of hydrogen-bond acceptors (Lipinski definition) is 3. The van der Waals surface area contributed by atoms with Crippen LogP contribution in [0.15, 0.2) is 18.2 Å². The van der Waals surface area contributed by atoms with Gasteiger partial charge in [0.05, 0.1) is 4.92 Å². The Hall–Kier alpha value is -1.62. The first-order chi connectivity index (χ1) is 6.59. The molecule has 0 radical (unpaired) electrons. The maximum atomic E-state index is 11.1. The van der Waals surface area contributed by atoms with E-state index in [1.165, 1.54) is 18.2 Å². The first-order valence-corrected chi connectivity index (χ1v) is 4.26. The van der Waals surface area contributed by atoms with E-state index in [0.717, 1.165) is 0 Å². The molecule has 0 aromatic heterocycles. The average Bonchev–Trinajstić information content (AvgIpc) is 2.43. The minimum absolute atomic E-state index is 0.0640. The number of nitrogens with zero attached hydrogens (tertiary/aromatic N) is 1. The second kappa shape index (κ2) is 2.95. The van der Waals surface area contributed by atoms with E-state index >= 15 is 0 Å². The molecule has 2 rings (SSSR count). The molecule has 0 aliphatic carbocycles. The van der Waals surface area contributed by atoms with E-state index in [-0.39, 0.29) is 11.6 Å². The van der Waals surface area contributed by atoms with Crippen LogP contribution < -0.4 is 5.32 Å². The molecule has 1 aromatic rings. The Balaban J connectivity index is 2.51. The van der Waals surface area contributed by atoms with E-state index in [4.69, 9.17) is 11.6 Å². The third-order valence-electron chi connectivity index (χ3n) is 2.01. The van der Waals surface area contributed by atoms with Gasteiger partial charge in [0.2, 0.25) is 5.91 Å². The summed E-state index contributed by atoms with van der Waals surface area (Å²) in [6, 6.07) is 4.12. The van der Waals surface area contributed by atoms with Crippen molar-refractivity contribution in [1.82, 2.24) is 0 Å². The lowest BCUT2D eigenvalue weighted by Gasteiger charge is -1.98. The number of anilines is 1. The molecule has 1 heterocycles. The van der Waals surface area contributed by atoms with E-state index in [0.29, 0.717) is 11.3 Å². The molecule has 1 amide bonds. The van der Waals surface area contributed by atoms with Crippen molar-refractivity contribution in [1.29, 1.82) is 0 Å². The van der Waals surface area contributed by atoms with Gasteiger partial charge in [0.1, 0.15) is 5.38 Å². The number of nitrogens with one attached hydrogen (secondary N) is 1. The largest absolute Gasteiger partial charge is 0.324 e. The van der Waals surface area contributed by atoms with Crippen LogP contribution in [-0.4, -0.2) is 10.8 Å². The van der Waals surface area contributed by atoms with Crippen molar-refractivity contribution < 1.29 is 9.72 Å². The van der Waals surface area contributed by atoms with Crippen molar-refractivity contribution in [3.8, 4) is 0 Å². The van der Waals surface area contributed by atoms with Crippen molar-refractivity contribution >= 4 is 28.9 Å². The number of benzene rings is 1. The summed E-state index contributed by atoms with van der Waals surface area (Å²) in [5.41, 5.74) is 0.942. The molecule has 0 bridgehead atoms. The number of carbonyl (C=O) groups is 1. The van der Waals surface area contributed by atoms with Gasteiger partial charge in [-0.05, 0) is 6.07 Å². The molecule has 0 fully saturated rings. The Morgan fingerprint density at radius 3 is 2.86 bits per heavy atom. The third kappa shape index (κ3) is 1.22. The van der Waals surface area contributed by atoms with Gasteiger partial charge in [-0.2, -0.15) is 0 Å². The number of fused-ring (bicyclic) bond motifs is 1. The van der Waals surface area contributed by atoms with E-state index in [1.807, 2.05) is 0 Å². The van der Waals surface area contributed by atoms with Crippen LogP contribution >= 0.6 is 11.6 Å². The zero-order chi connectivity index (χ0) is 10.3. The first kappa shape index (κ1) is 8.96. The molecular formula is C8H5ClN2O3. The summed E-state index contributed by atoms with van der Waals surface area (Å²) in [6.45, 7) is 0. The lowest BCUT2D eigenvalue weighted by atomic mass is 10.1. The molecular weight excluding hydrogens is 208 g/mol. The molecule has 1 aliphatic rings. The van der Waals surface area contributed by atoms with E-state index in [1.54, 1.807) is 0 Å². The molecule has 1 N–H and O–H groups in total. The van der Waals surface area contributed by atoms with Crippen molar-refractivity contribution in [3.63, 3.8) is 0 Å². The van der Waals surface area contributed by atoms with Gasteiger partial charge in [0, 0.05) is 23.4 Å². The van der Waals surface area contributed by atoms with Crippen LogP contribution in [0.3, 0.4) is 0 Å². The number of carbonyl (C=O) groups excluding carboxylic acids is 1. The summed E-state index contributed by atoms with van der Waals surface area (Å²) in [7, 11) is 0. The van der Waals surface area contributed by atoms with E-state index < -0.39 is 10.3 Å². The maximum absolute atomic E-state index is 11.1. The Bertz CT molecular complexity index is 433. The summed E-state index contributed by atoms with van der Waals surface area (Å²) >= 11 is 5.74. The standard InChI is InChI=1S/C8H5ClN2O3/c9-7-5-3-4(11(13)14)1-2-6(5)10-8(7)12/h1-3,7H,(H,10,12).